The largest absolute Gasteiger partial charge is 0.545 e. The molecule has 1 aromatic rings. The van der Waals surface area contributed by atoms with Gasteiger partial charge in [-0.25, -0.2) is 8.42 Å². The Morgan fingerprint density at radius 1 is 1.30 bits per heavy atom. The first-order chi connectivity index (χ1) is 9.41. The van der Waals surface area contributed by atoms with E-state index >= 15 is 0 Å². The van der Waals surface area contributed by atoms with Crippen molar-refractivity contribution in [3.8, 4) is 0 Å². The highest BCUT2D eigenvalue weighted by Gasteiger charge is 2.28. The van der Waals surface area contributed by atoms with Crippen molar-refractivity contribution in [2.24, 2.45) is 0 Å². The molecule has 0 N–H and O–H groups in total. The summed E-state index contributed by atoms with van der Waals surface area (Å²) in [6.45, 7) is 2.82. The first-order valence-electron chi connectivity index (χ1n) is 6.41. The number of carbonyl (C=O) groups is 1. The van der Waals surface area contributed by atoms with Gasteiger partial charge in [0.15, 0.2) is 0 Å². The zero-order valence-corrected chi connectivity index (χ0v) is 12.0. The van der Waals surface area contributed by atoms with Crippen molar-refractivity contribution in [1.82, 2.24) is 4.31 Å². The Kier molecular flexibility index (Phi) is 4.25. The summed E-state index contributed by atoms with van der Waals surface area (Å²) in [5.74, 6) is -1.31. The van der Waals surface area contributed by atoms with E-state index in [-0.39, 0.29) is 4.90 Å². The molecule has 0 amide bonds. The molecule has 1 saturated heterocycles. The fourth-order valence-electron chi connectivity index (χ4n) is 2.23. The van der Waals surface area contributed by atoms with E-state index in [1.165, 1.54) is 16.4 Å². The van der Waals surface area contributed by atoms with Crippen LogP contribution in [0.4, 0.5) is 0 Å². The Morgan fingerprint density at radius 2 is 1.95 bits per heavy atom. The van der Waals surface area contributed by atoms with Crippen LogP contribution in [0.5, 0.6) is 0 Å². The number of hydrogen-bond donors (Lipinski definition) is 0. The van der Waals surface area contributed by atoms with Crippen molar-refractivity contribution in [3.63, 3.8) is 0 Å². The number of hydrogen-bond acceptors (Lipinski definition) is 4. The second kappa shape index (κ2) is 5.76. The van der Waals surface area contributed by atoms with E-state index in [2.05, 4.69) is 0 Å². The first-order valence-corrected chi connectivity index (χ1v) is 7.85. The van der Waals surface area contributed by atoms with E-state index in [0.717, 1.165) is 18.9 Å². The summed E-state index contributed by atoms with van der Waals surface area (Å²) in [4.78, 5) is 10.6. The minimum Gasteiger partial charge on any atom is -0.545 e. The highest BCUT2D eigenvalue weighted by Crippen LogP contribution is 2.24. The minimum atomic E-state index is -3.49. The Hall–Kier alpha value is -1.66. The normalized spacial score (nSPS) is 16.9. The standard InChI is InChI=1S/C14H17NO4S/c1-11-4-5-12(6-7-14(16)17)10-13(11)20(18,19)15-8-2-3-9-15/h4-7,10H,2-3,8-9H2,1H3,(H,16,17)/p-1/b7-6+. The van der Waals surface area contributed by atoms with Crippen LogP contribution < -0.4 is 5.11 Å². The van der Waals surface area contributed by atoms with Crippen LogP contribution >= 0.6 is 0 Å². The molecule has 0 saturated carbocycles. The van der Waals surface area contributed by atoms with Crippen molar-refractivity contribution in [3.05, 3.63) is 35.4 Å². The number of benzene rings is 1. The van der Waals surface area contributed by atoms with Crippen LogP contribution in [-0.4, -0.2) is 31.8 Å². The van der Waals surface area contributed by atoms with Gasteiger partial charge in [0.1, 0.15) is 0 Å². The molecule has 0 spiro atoms. The smallest absolute Gasteiger partial charge is 0.243 e. The zero-order chi connectivity index (χ0) is 14.8. The number of sulfonamides is 1. The summed E-state index contributed by atoms with van der Waals surface area (Å²) in [5, 5.41) is 10.4. The molecule has 20 heavy (non-hydrogen) atoms. The Labute approximate surface area is 118 Å². The van der Waals surface area contributed by atoms with Crippen LogP contribution in [0.1, 0.15) is 24.0 Å². The molecule has 0 aromatic heterocycles. The van der Waals surface area contributed by atoms with E-state index in [0.29, 0.717) is 24.2 Å². The van der Waals surface area contributed by atoms with Crippen molar-refractivity contribution in [2.45, 2.75) is 24.7 Å². The third-order valence-electron chi connectivity index (χ3n) is 3.31. The van der Waals surface area contributed by atoms with Crippen molar-refractivity contribution >= 4 is 22.1 Å². The van der Waals surface area contributed by atoms with Crippen LogP contribution in [0.25, 0.3) is 6.08 Å². The molecular weight excluding hydrogens is 278 g/mol. The molecular formula is C14H16NO4S-. The highest BCUT2D eigenvalue weighted by atomic mass is 32.2. The maximum atomic E-state index is 12.5. The van der Waals surface area contributed by atoms with Crippen LogP contribution in [0, 0.1) is 6.92 Å². The molecule has 0 radical (unpaired) electrons. The van der Waals surface area contributed by atoms with Gasteiger partial charge in [-0.15, -0.1) is 0 Å². The quantitative estimate of drug-likeness (QED) is 0.759. The number of rotatable bonds is 4. The fourth-order valence-corrected chi connectivity index (χ4v) is 4.01. The lowest BCUT2D eigenvalue weighted by atomic mass is 10.1. The second-order valence-electron chi connectivity index (χ2n) is 4.79. The highest BCUT2D eigenvalue weighted by molar-refractivity contribution is 7.89. The Balaban J connectivity index is 2.40. The lowest BCUT2D eigenvalue weighted by Crippen LogP contribution is -2.28. The molecule has 6 heteroatoms. The van der Waals surface area contributed by atoms with Crippen LogP contribution in [0.2, 0.25) is 0 Å². The molecule has 2 rings (SSSR count). The van der Waals surface area contributed by atoms with Gasteiger partial charge in [-0.05, 0) is 43.0 Å². The van der Waals surface area contributed by atoms with E-state index in [1.807, 2.05) is 0 Å². The van der Waals surface area contributed by atoms with Gasteiger partial charge in [0.2, 0.25) is 10.0 Å². The number of carboxylic acid groups (broad SMARTS) is 1. The van der Waals surface area contributed by atoms with Gasteiger partial charge in [-0.1, -0.05) is 18.2 Å². The number of aliphatic carboxylic acids is 1. The molecule has 1 heterocycles. The van der Waals surface area contributed by atoms with Gasteiger partial charge in [0, 0.05) is 13.1 Å². The molecule has 0 aliphatic carbocycles. The molecule has 108 valence electrons. The summed E-state index contributed by atoms with van der Waals surface area (Å²) in [5.41, 5.74) is 1.18. The molecule has 1 aromatic carbocycles. The fraction of sp³-hybridized carbons (Fsp3) is 0.357. The maximum absolute atomic E-state index is 12.5. The van der Waals surface area contributed by atoms with E-state index in [4.69, 9.17) is 0 Å². The van der Waals surface area contributed by atoms with Gasteiger partial charge in [0.25, 0.3) is 0 Å². The Morgan fingerprint density at radius 3 is 2.55 bits per heavy atom. The van der Waals surface area contributed by atoms with Crippen molar-refractivity contribution in [2.75, 3.05) is 13.1 Å². The predicted molar refractivity (Wildman–Crippen MR) is 73.2 cm³/mol. The summed E-state index contributed by atoms with van der Waals surface area (Å²) >= 11 is 0. The molecule has 1 fully saturated rings. The summed E-state index contributed by atoms with van der Waals surface area (Å²) in [7, 11) is -3.49. The lowest BCUT2D eigenvalue weighted by Gasteiger charge is -2.17. The zero-order valence-electron chi connectivity index (χ0n) is 11.2. The summed E-state index contributed by atoms with van der Waals surface area (Å²) < 4.78 is 26.5. The number of carboxylic acids is 1. The molecule has 1 aliphatic rings. The molecule has 0 bridgehead atoms. The van der Waals surface area contributed by atoms with E-state index in [1.54, 1.807) is 19.1 Å². The number of carbonyl (C=O) groups excluding carboxylic acids is 1. The molecule has 5 nitrogen and oxygen atoms in total. The van der Waals surface area contributed by atoms with E-state index < -0.39 is 16.0 Å². The predicted octanol–water partition coefficient (Wildman–Crippen LogP) is 0.543. The molecule has 0 atom stereocenters. The van der Waals surface area contributed by atoms with Crippen LogP contribution in [-0.2, 0) is 14.8 Å². The molecule has 0 unspecified atom stereocenters. The third-order valence-corrected chi connectivity index (χ3v) is 5.35. The maximum Gasteiger partial charge on any atom is 0.243 e. The van der Waals surface area contributed by atoms with Gasteiger partial charge in [0.05, 0.1) is 10.9 Å². The van der Waals surface area contributed by atoms with Gasteiger partial charge < -0.3 is 9.90 Å². The molecule has 1 aliphatic heterocycles. The SMILES string of the molecule is Cc1ccc(/C=C/C(=O)[O-])cc1S(=O)(=O)N1CCCC1. The van der Waals surface area contributed by atoms with Gasteiger partial charge in [-0.3, -0.25) is 0 Å². The average Bonchev–Trinajstić information content (AvgIpc) is 2.92. The number of nitrogens with zero attached hydrogens (tertiary/aromatic N) is 1. The monoisotopic (exact) mass is 294 g/mol. The summed E-state index contributed by atoms with van der Waals surface area (Å²) in [6.07, 6.45) is 3.97. The Bertz CT molecular complexity index is 643. The lowest BCUT2D eigenvalue weighted by molar-refractivity contribution is -0.297. The third kappa shape index (κ3) is 3.08. The van der Waals surface area contributed by atoms with E-state index in [9.17, 15) is 18.3 Å². The topological polar surface area (TPSA) is 77.5 Å². The minimum absolute atomic E-state index is 0.236. The summed E-state index contributed by atoms with van der Waals surface area (Å²) in [6, 6.07) is 4.86. The van der Waals surface area contributed by atoms with Crippen molar-refractivity contribution in [1.29, 1.82) is 0 Å². The van der Waals surface area contributed by atoms with Gasteiger partial charge >= 0.3 is 0 Å². The average molecular weight is 294 g/mol. The van der Waals surface area contributed by atoms with Gasteiger partial charge in [-0.2, -0.15) is 4.31 Å². The van der Waals surface area contributed by atoms with Crippen LogP contribution in [0.15, 0.2) is 29.2 Å². The first kappa shape index (κ1) is 14.7. The number of aryl methyl sites for hydroxylation is 1. The van der Waals surface area contributed by atoms with Crippen molar-refractivity contribution < 1.29 is 18.3 Å². The van der Waals surface area contributed by atoms with Crippen LogP contribution in [0.3, 0.4) is 0 Å². The second-order valence-corrected chi connectivity index (χ2v) is 6.69.